The number of nitro groups is 1. The van der Waals surface area contributed by atoms with Crippen LogP contribution in [0, 0.1) is 22.9 Å². The minimum absolute atomic E-state index is 0.00330. The Labute approximate surface area is 168 Å². The molecule has 9 heteroatoms. The molecular weight excluding hydrogens is 395 g/mol. The number of benzene rings is 2. The number of non-ortho nitro benzene ring substituents is 1. The first kappa shape index (κ1) is 18.8. The van der Waals surface area contributed by atoms with Crippen LogP contribution < -0.4 is 5.32 Å². The Bertz CT molecular complexity index is 1230. The van der Waals surface area contributed by atoms with Gasteiger partial charge in [-0.2, -0.15) is 0 Å². The quantitative estimate of drug-likeness (QED) is 0.391. The Hall–Kier alpha value is -3.59. The highest BCUT2D eigenvalue weighted by Crippen LogP contribution is 2.28. The fraction of sp³-hybridized carbons (Fsp3) is 0.100. The van der Waals surface area contributed by atoms with Crippen LogP contribution >= 0.6 is 11.3 Å². The summed E-state index contributed by atoms with van der Waals surface area (Å²) in [6.45, 7) is 2.10. The van der Waals surface area contributed by atoms with Crippen molar-refractivity contribution in [3.63, 3.8) is 0 Å². The molecule has 7 nitrogen and oxygen atoms in total. The zero-order chi connectivity index (χ0) is 20.5. The van der Waals surface area contributed by atoms with Crippen LogP contribution in [0.2, 0.25) is 0 Å². The van der Waals surface area contributed by atoms with Gasteiger partial charge in [0.15, 0.2) is 4.96 Å². The topological polar surface area (TPSA) is 89.5 Å². The maximum Gasteiger partial charge on any atom is 0.270 e. The molecule has 0 fully saturated rings. The molecule has 146 valence electrons. The van der Waals surface area contributed by atoms with Crippen LogP contribution in [0.1, 0.15) is 20.9 Å². The second kappa shape index (κ2) is 7.44. The molecule has 0 saturated heterocycles. The van der Waals surface area contributed by atoms with E-state index in [1.165, 1.54) is 35.6 Å². The van der Waals surface area contributed by atoms with E-state index in [1.54, 1.807) is 34.9 Å². The molecule has 0 atom stereocenters. The average Bonchev–Trinajstić information content (AvgIpc) is 3.27. The molecule has 0 unspecified atom stereocenters. The number of nitro benzene ring substituents is 1. The Morgan fingerprint density at radius 1 is 1.28 bits per heavy atom. The largest absolute Gasteiger partial charge is 0.347 e. The summed E-state index contributed by atoms with van der Waals surface area (Å²) in [5.41, 5.74) is 2.76. The number of hydrogen-bond donors (Lipinski definition) is 1. The second-order valence-corrected chi connectivity index (χ2v) is 7.39. The van der Waals surface area contributed by atoms with Crippen LogP contribution in [0.3, 0.4) is 0 Å². The first-order chi connectivity index (χ1) is 13.9. The lowest BCUT2D eigenvalue weighted by Crippen LogP contribution is -2.22. The van der Waals surface area contributed by atoms with Gasteiger partial charge in [0.1, 0.15) is 10.7 Å². The van der Waals surface area contributed by atoms with E-state index in [2.05, 4.69) is 10.3 Å². The highest BCUT2D eigenvalue weighted by molar-refractivity contribution is 7.19. The number of nitrogens with one attached hydrogen (secondary N) is 1. The van der Waals surface area contributed by atoms with Crippen molar-refractivity contribution in [1.82, 2.24) is 14.7 Å². The number of halogens is 1. The van der Waals surface area contributed by atoms with E-state index in [9.17, 15) is 19.3 Å². The number of amides is 1. The normalized spacial score (nSPS) is 11.0. The summed E-state index contributed by atoms with van der Waals surface area (Å²) in [6, 6.07) is 12.2. The van der Waals surface area contributed by atoms with E-state index in [4.69, 9.17) is 0 Å². The molecule has 0 bridgehead atoms. The van der Waals surface area contributed by atoms with Crippen molar-refractivity contribution in [1.29, 1.82) is 0 Å². The van der Waals surface area contributed by atoms with Crippen molar-refractivity contribution in [2.45, 2.75) is 13.5 Å². The third-order valence-electron chi connectivity index (χ3n) is 4.48. The van der Waals surface area contributed by atoms with Crippen LogP contribution in [-0.4, -0.2) is 20.2 Å². The molecule has 0 aliphatic heterocycles. The monoisotopic (exact) mass is 410 g/mol. The van der Waals surface area contributed by atoms with Crippen molar-refractivity contribution in [2.24, 2.45) is 0 Å². The van der Waals surface area contributed by atoms with Gasteiger partial charge < -0.3 is 5.32 Å². The average molecular weight is 410 g/mol. The van der Waals surface area contributed by atoms with Gasteiger partial charge in [0.05, 0.1) is 10.6 Å². The minimum atomic E-state index is -0.448. The van der Waals surface area contributed by atoms with Crippen molar-refractivity contribution in [3.8, 4) is 11.3 Å². The first-order valence-electron chi connectivity index (χ1n) is 8.68. The van der Waals surface area contributed by atoms with Gasteiger partial charge in [-0.25, -0.2) is 9.37 Å². The molecule has 29 heavy (non-hydrogen) atoms. The molecule has 1 N–H and O–H groups in total. The number of nitrogens with zero attached hydrogens (tertiary/aromatic N) is 3. The summed E-state index contributed by atoms with van der Waals surface area (Å²) < 4.78 is 14.8. The van der Waals surface area contributed by atoms with Crippen LogP contribution in [0.15, 0.2) is 54.7 Å². The van der Waals surface area contributed by atoms with E-state index in [0.717, 1.165) is 11.3 Å². The zero-order valence-electron chi connectivity index (χ0n) is 15.3. The Morgan fingerprint density at radius 3 is 2.72 bits per heavy atom. The number of carbonyl (C=O) groups is 1. The Balaban J connectivity index is 1.56. The lowest BCUT2D eigenvalue weighted by Gasteiger charge is -2.04. The highest BCUT2D eigenvalue weighted by Gasteiger charge is 2.18. The molecule has 2 aromatic heterocycles. The standard InChI is InChI=1S/C20H15FN4O3S/c1-12-18(19(26)22-10-13-5-7-15(21)8-6-13)29-20-23-17(11-24(12)20)14-3-2-4-16(9-14)25(27)28/h2-9,11H,10H2,1H3,(H,22,26). The summed E-state index contributed by atoms with van der Waals surface area (Å²) in [6.07, 6.45) is 1.76. The van der Waals surface area contributed by atoms with Crippen molar-refractivity contribution in [3.05, 3.63) is 86.8 Å². The number of aryl methyl sites for hydroxylation is 1. The number of carbonyl (C=O) groups excluding carboxylic acids is 1. The summed E-state index contributed by atoms with van der Waals surface area (Å²) in [4.78, 5) is 28.8. The fourth-order valence-electron chi connectivity index (χ4n) is 2.94. The third kappa shape index (κ3) is 3.72. The van der Waals surface area contributed by atoms with Crippen LogP contribution in [0.5, 0.6) is 0 Å². The molecule has 1 amide bonds. The van der Waals surface area contributed by atoms with Crippen LogP contribution in [0.4, 0.5) is 10.1 Å². The summed E-state index contributed by atoms with van der Waals surface area (Å²) in [7, 11) is 0. The van der Waals surface area contributed by atoms with E-state index in [0.29, 0.717) is 21.1 Å². The number of aromatic nitrogens is 2. The summed E-state index contributed by atoms with van der Waals surface area (Å²) in [5, 5.41) is 13.8. The Kier molecular flexibility index (Phi) is 4.81. The van der Waals surface area contributed by atoms with Gasteiger partial charge in [-0.1, -0.05) is 35.6 Å². The second-order valence-electron chi connectivity index (χ2n) is 6.41. The predicted octanol–water partition coefficient (Wildman–Crippen LogP) is 4.35. The number of hydrogen-bond acceptors (Lipinski definition) is 5. The Morgan fingerprint density at radius 2 is 2.03 bits per heavy atom. The van der Waals surface area contributed by atoms with Crippen molar-refractivity contribution in [2.75, 3.05) is 0 Å². The van der Waals surface area contributed by atoms with Gasteiger partial charge in [0.2, 0.25) is 0 Å². The van der Waals surface area contributed by atoms with Crippen LogP contribution in [0.25, 0.3) is 16.2 Å². The van der Waals surface area contributed by atoms with Crippen LogP contribution in [-0.2, 0) is 6.54 Å². The van der Waals surface area contributed by atoms with Gasteiger partial charge in [-0.15, -0.1) is 0 Å². The first-order valence-corrected chi connectivity index (χ1v) is 9.50. The van der Waals surface area contributed by atoms with E-state index >= 15 is 0 Å². The van der Waals surface area contributed by atoms with Crippen molar-refractivity contribution < 1.29 is 14.1 Å². The maximum atomic E-state index is 13.0. The molecule has 0 aliphatic rings. The lowest BCUT2D eigenvalue weighted by atomic mass is 10.1. The van der Waals surface area contributed by atoms with E-state index in [1.807, 2.05) is 6.92 Å². The van der Waals surface area contributed by atoms with Gasteiger partial charge in [0.25, 0.3) is 11.6 Å². The third-order valence-corrected chi connectivity index (χ3v) is 5.64. The minimum Gasteiger partial charge on any atom is -0.347 e. The highest BCUT2D eigenvalue weighted by atomic mass is 32.1. The number of thiazole rings is 1. The number of imidazole rings is 1. The maximum absolute atomic E-state index is 13.0. The van der Waals surface area contributed by atoms with Crippen molar-refractivity contribution >= 4 is 27.9 Å². The molecule has 2 heterocycles. The van der Waals surface area contributed by atoms with Gasteiger partial charge in [-0.3, -0.25) is 19.3 Å². The molecular formula is C20H15FN4O3S. The summed E-state index contributed by atoms with van der Waals surface area (Å²) >= 11 is 1.24. The molecule has 2 aromatic carbocycles. The summed E-state index contributed by atoms with van der Waals surface area (Å²) in [5.74, 6) is -0.561. The molecule has 4 aromatic rings. The van der Waals surface area contributed by atoms with Gasteiger partial charge in [-0.05, 0) is 24.6 Å². The lowest BCUT2D eigenvalue weighted by molar-refractivity contribution is -0.384. The number of rotatable bonds is 5. The predicted molar refractivity (Wildman–Crippen MR) is 107 cm³/mol. The molecule has 0 radical (unpaired) electrons. The molecule has 0 spiro atoms. The fourth-order valence-corrected chi connectivity index (χ4v) is 3.97. The molecule has 0 aliphatic carbocycles. The molecule has 0 saturated carbocycles. The molecule has 4 rings (SSSR count). The van der Waals surface area contributed by atoms with E-state index in [-0.39, 0.29) is 24.0 Å². The zero-order valence-corrected chi connectivity index (χ0v) is 16.1. The van der Waals surface area contributed by atoms with E-state index < -0.39 is 4.92 Å². The smallest absolute Gasteiger partial charge is 0.270 e. The number of fused-ring (bicyclic) bond motifs is 1. The van der Waals surface area contributed by atoms with Gasteiger partial charge >= 0.3 is 0 Å². The van der Waals surface area contributed by atoms with Gasteiger partial charge in [0, 0.05) is 36.1 Å². The SMILES string of the molecule is Cc1c(C(=O)NCc2ccc(F)cc2)sc2nc(-c3cccc([N+](=O)[O-])c3)cn12.